The number of nitrogens with one attached hydrogen (secondary N) is 1. The number of piperazine rings is 1. The molecule has 2 aliphatic rings. The minimum absolute atomic E-state index is 0. The van der Waals surface area contributed by atoms with E-state index in [0.29, 0.717) is 28.9 Å². The normalized spacial score (nSPS) is 21.0. The second-order valence-corrected chi connectivity index (χ2v) is 7.79. The topological polar surface area (TPSA) is 101 Å². The van der Waals surface area contributed by atoms with Gasteiger partial charge in [-0.1, -0.05) is 12.1 Å². The SMILES string of the molecule is CC1CCN(c2ccc(-c3nc(C4CNCCN4C)no3)cc2[N+](=O)[O-])CC1.Cl. The Morgan fingerprint density at radius 1 is 1.28 bits per heavy atom. The molecule has 29 heavy (non-hydrogen) atoms. The molecule has 2 aliphatic heterocycles. The zero-order valence-electron chi connectivity index (χ0n) is 16.7. The highest BCUT2D eigenvalue weighted by molar-refractivity contribution is 5.85. The van der Waals surface area contributed by atoms with Crippen LogP contribution >= 0.6 is 12.4 Å². The molecule has 0 aliphatic carbocycles. The summed E-state index contributed by atoms with van der Waals surface area (Å²) in [5, 5.41) is 19.1. The number of nitro groups is 1. The Balaban J connectivity index is 0.00000240. The molecule has 0 spiro atoms. The second kappa shape index (κ2) is 9.06. The number of halogens is 1. The summed E-state index contributed by atoms with van der Waals surface area (Å²) >= 11 is 0. The number of piperidine rings is 1. The van der Waals surface area contributed by atoms with Gasteiger partial charge in [0.2, 0.25) is 0 Å². The zero-order chi connectivity index (χ0) is 19.7. The smallest absolute Gasteiger partial charge is 0.293 e. The average molecular weight is 423 g/mol. The molecule has 0 radical (unpaired) electrons. The Morgan fingerprint density at radius 3 is 2.72 bits per heavy atom. The van der Waals surface area contributed by atoms with E-state index >= 15 is 0 Å². The molecule has 3 heterocycles. The number of likely N-dealkylation sites (N-methyl/N-ethyl adjacent to an activating group) is 1. The van der Waals surface area contributed by atoms with Crippen molar-refractivity contribution >= 4 is 23.8 Å². The number of anilines is 1. The molecule has 1 N–H and O–H groups in total. The van der Waals surface area contributed by atoms with Gasteiger partial charge in [-0.25, -0.2) is 0 Å². The number of nitro benzene ring substituents is 1. The first-order chi connectivity index (χ1) is 13.5. The predicted octanol–water partition coefficient (Wildman–Crippen LogP) is 2.88. The van der Waals surface area contributed by atoms with Gasteiger partial charge in [0.1, 0.15) is 5.69 Å². The summed E-state index contributed by atoms with van der Waals surface area (Å²) in [6, 6.07) is 5.23. The van der Waals surface area contributed by atoms with Crippen molar-refractivity contribution in [3.8, 4) is 11.5 Å². The maximum atomic E-state index is 11.7. The molecule has 2 aromatic rings. The van der Waals surface area contributed by atoms with Gasteiger partial charge in [0.05, 0.1) is 11.0 Å². The van der Waals surface area contributed by atoms with E-state index in [2.05, 4.69) is 32.2 Å². The summed E-state index contributed by atoms with van der Waals surface area (Å²) in [5.41, 5.74) is 1.32. The predicted molar refractivity (Wildman–Crippen MR) is 112 cm³/mol. The summed E-state index contributed by atoms with van der Waals surface area (Å²) in [5.74, 6) is 1.58. The van der Waals surface area contributed by atoms with Crippen LogP contribution in [0.3, 0.4) is 0 Å². The summed E-state index contributed by atoms with van der Waals surface area (Å²) in [6.45, 7) is 6.49. The molecule has 2 saturated heterocycles. The fourth-order valence-electron chi connectivity index (χ4n) is 3.90. The third-order valence-electron chi connectivity index (χ3n) is 5.79. The van der Waals surface area contributed by atoms with Crippen molar-refractivity contribution in [2.24, 2.45) is 5.92 Å². The molecular weight excluding hydrogens is 396 g/mol. The Hall–Kier alpha value is -2.23. The summed E-state index contributed by atoms with van der Waals surface area (Å²) in [7, 11) is 2.03. The molecule has 0 amide bonds. The monoisotopic (exact) mass is 422 g/mol. The molecule has 1 atom stereocenters. The van der Waals surface area contributed by atoms with Gasteiger partial charge in [-0.3, -0.25) is 15.0 Å². The van der Waals surface area contributed by atoms with Crippen molar-refractivity contribution < 1.29 is 9.45 Å². The molecule has 158 valence electrons. The highest BCUT2D eigenvalue weighted by Crippen LogP contribution is 2.35. The lowest BCUT2D eigenvalue weighted by Crippen LogP contribution is -2.44. The van der Waals surface area contributed by atoms with E-state index < -0.39 is 0 Å². The van der Waals surface area contributed by atoms with Crippen LogP contribution in [0.1, 0.15) is 31.6 Å². The molecule has 9 nitrogen and oxygen atoms in total. The molecule has 10 heteroatoms. The van der Waals surface area contributed by atoms with E-state index in [1.54, 1.807) is 6.07 Å². The molecule has 1 unspecified atom stereocenters. The van der Waals surface area contributed by atoms with Gasteiger partial charge < -0.3 is 14.7 Å². The minimum atomic E-state index is -0.326. The van der Waals surface area contributed by atoms with Crippen LogP contribution in [-0.4, -0.2) is 59.7 Å². The van der Waals surface area contributed by atoms with E-state index in [9.17, 15) is 10.1 Å². The lowest BCUT2D eigenvalue weighted by atomic mass is 9.98. The first-order valence-electron chi connectivity index (χ1n) is 9.81. The Morgan fingerprint density at radius 2 is 2.03 bits per heavy atom. The van der Waals surface area contributed by atoms with Crippen molar-refractivity contribution in [2.75, 3.05) is 44.7 Å². The van der Waals surface area contributed by atoms with Gasteiger partial charge >= 0.3 is 0 Å². The van der Waals surface area contributed by atoms with E-state index in [1.165, 1.54) is 0 Å². The Labute approximate surface area is 176 Å². The standard InChI is InChI=1S/C19H26N6O3.ClH/c1-13-5-8-24(9-6-13)15-4-3-14(11-16(15)25(26)27)19-21-18(22-28-19)17-12-20-7-10-23(17)2;/h3-4,11,13,17,20H,5-10,12H2,1-2H3;1H. The van der Waals surface area contributed by atoms with Gasteiger partial charge in [-0.15, -0.1) is 12.4 Å². The molecule has 0 bridgehead atoms. The highest BCUT2D eigenvalue weighted by atomic mass is 35.5. The first kappa shape index (κ1) is 21.5. The van der Waals surface area contributed by atoms with Crippen LogP contribution < -0.4 is 10.2 Å². The number of hydrogen-bond donors (Lipinski definition) is 1. The summed E-state index contributed by atoms with van der Waals surface area (Å²) in [4.78, 5) is 20.2. The fraction of sp³-hybridized carbons (Fsp3) is 0.579. The number of rotatable bonds is 4. The number of benzene rings is 1. The van der Waals surface area contributed by atoms with Crippen LogP contribution in [0.4, 0.5) is 11.4 Å². The Bertz CT molecular complexity index is 852. The zero-order valence-corrected chi connectivity index (χ0v) is 17.5. The van der Waals surface area contributed by atoms with E-state index in [0.717, 1.165) is 45.6 Å². The molecule has 4 rings (SSSR count). The Kier molecular flexibility index (Phi) is 6.71. The van der Waals surface area contributed by atoms with Crippen molar-refractivity contribution in [1.82, 2.24) is 20.4 Å². The van der Waals surface area contributed by atoms with Gasteiger partial charge in [0.25, 0.3) is 11.6 Å². The molecular formula is C19H27ClN6O3. The number of hydrogen-bond acceptors (Lipinski definition) is 8. The van der Waals surface area contributed by atoms with Crippen LogP contribution in [0.15, 0.2) is 22.7 Å². The maximum Gasteiger partial charge on any atom is 0.293 e. The molecule has 2 fully saturated rings. The van der Waals surface area contributed by atoms with Crippen LogP contribution in [0, 0.1) is 16.0 Å². The minimum Gasteiger partial charge on any atom is -0.366 e. The quantitative estimate of drug-likeness (QED) is 0.592. The summed E-state index contributed by atoms with van der Waals surface area (Å²) < 4.78 is 5.43. The van der Waals surface area contributed by atoms with E-state index in [4.69, 9.17) is 4.52 Å². The fourth-order valence-corrected chi connectivity index (χ4v) is 3.90. The molecule has 1 aromatic carbocycles. The van der Waals surface area contributed by atoms with Crippen LogP contribution in [0.25, 0.3) is 11.5 Å². The lowest BCUT2D eigenvalue weighted by molar-refractivity contribution is -0.384. The van der Waals surface area contributed by atoms with Crippen LogP contribution in [0.5, 0.6) is 0 Å². The molecule has 1 aromatic heterocycles. The van der Waals surface area contributed by atoms with Crippen molar-refractivity contribution in [3.63, 3.8) is 0 Å². The number of aromatic nitrogens is 2. The third-order valence-corrected chi connectivity index (χ3v) is 5.79. The number of nitrogens with zero attached hydrogens (tertiary/aromatic N) is 5. The van der Waals surface area contributed by atoms with Crippen LogP contribution in [-0.2, 0) is 0 Å². The van der Waals surface area contributed by atoms with Crippen molar-refractivity contribution in [2.45, 2.75) is 25.8 Å². The first-order valence-corrected chi connectivity index (χ1v) is 9.81. The summed E-state index contributed by atoms with van der Waals surface area (Å²) in [6.07, 6.45) is 2.10. The second-order valence-electron chi connectivity index (χ2n) is 7.79. The molecule has 0 saturated carbocycles. The van der Waals surface area contributed by atoms with Gasteiger partial charge in [0, 0.05) is 44.4 Å². The van der Waals surface area contributed by atoms with Gasteiger partial charge in [-0.2, -0.15) is 4.98 Å². The van der Waals surface area contributed by atoms with Crippen molar-refractivity contribution in [1.29, 1.82) is 0 Å². The largest absolute Gasteiger partial charge is 0.366 e. The van der Waals surface area contributed by atoms with E-state index in [-0.39, 0.29) is 29.1 Å². The van der Waals surface area contributed by atoms with Crippen molar-refractivity contribution in [3.05, 3.63) is 34.1 Å². The van der Waals surface area contributed by atoms with E-state index in [1.807, 2.05) is 19.2 Å². The maximum absolute atomic E-state index is 11.7. The average Bonchev–Trinajstić information content (AvgIpc) is 3.18. The third kappa shape index (κ3) is 4.52. The van der Waals surface area contributed by atoms with Gasteiger partial charge in [-0.05, 0) is 37.9 Å². The lowest BCUT2D eigenvalue weighted by Gasteiger charge is -2.31. The highest BCUT2D eigenvalue weighted by Gasteiger charge is 2.27. The van der Waals surface area contributed by atoms with Crippen LogP contribution in [0.2, 0.25) is 0 Å². The van der Waals surface area contributed by atoms with Gasteiger partial charge in [0.15, 0.2) is 5.82 Å².